The summed E-state index contributed by atoms with van der Waals surface area (Å²) in [6, 6.07) is 83.2. The Hall–Kier alpha value is -7.22. The summed E-state index contributed by atoms with van der Waals surface area (Å²) in [5, 5.41) is 0. The third-order valence-electron chi connectivity index (χ3n) is 13.0. The van der Waals surface area contributed by atoms with Gasteiger partial charge < -0.3 is 4.90 Å². The zero-order valence-corrected chi connectivity index (χ0v) is 33.3. The van der Waals surface area contributed by atoms with Gasteiger partial charge in [-0.05, 0) is 103 Å². The van der Waals surface area contributed by atoms with E-state index in [0.717, 1.165) is 17.1 Å². The van der Waals surface area contributed by atoms with Gasteiger partial charge in [-0.3, -0.25) is 0 Å². The maximum atomic E-state index is 2.46. The lowest BCUT2D eigenvalue weighted by Crippen LogP contribution is -2.31. The van der Waals surface area contributed by atoms with Gasteiger partial charge in [0.05, 0.1) is 11.1 Å². The fraction of sp³-hybridized carbons (Fsp3) is 0.0690. The van der Waals surface area contributed by atoms with E-state index in [1.54, 1.807) is 0 Å². The number of fused-ring (bicyclic) bond motifs is 8. The number of hydrogen-bond donors (Lipinski definition) is 0. The van der Waals surface area contributed by atoms with Crippen LogP contribution in [0.3, 0.4) is 0 Å². The molecule has 0 bridgehead atoms. The SMILES string of the molecule is CC1(C)c2ccccc2-c2ccc(N(c3ccc(C4(c5ccccc5)c5ccccc5-c5ccccc5-c5ccccc54)cc3)c3ccccc3-c3ccccc3)cc21. The van der Waals surface area contributed by atoms with Crippen LogP contribution in [0.5, 0.6) is 0 Å². The minimum absolute atomic E-state index is 0.129. The van der Waals surface area contributed by atoms with Crippen molar-refractivity contribution in [2.45, 2.75) is 24.7 Å². The van der Waals surface area contributed by atoms with Crippen LogP contribution in [0.1, 0.15) is 47.2 Å². The van der Waals surface area contributed by atoms with Gasteiger partial charge in [-0.25, -0.2) is 0 Å². The summed E-state index contributed by atoms with van der Waals surface area (Å²) in [7, 11) is 0. The molecule has 2 aliphatic carbocycles. The third kappa shape index (κ3) is 5.31. The van der Waals surface area contributed by atoms with Crippen LogP contribution in [0.15, 0.2) is 224 Å². The van der Waals surface area contributed by atoms with Crippen LogP contribution in [-0.2, 0) is 10.8 Å². The number of hydrogen-bond acceptors (Lipinski definition) is 1. The van der Waals surface area contributed by atoms with E-state index in [1.165, 1.54) is 77.9 Å². The summed E-state index contributed by atoms with van der Waals surface area (Å²) in [6.07, 6.45) is 0. The van der Waals surface area contributed by atoms with Crippen molar-refractivity contribution < 1.29 is 0 Å². The third-order valence-corrected chi connectivity index (χ3v) is 13.0. The Morgan fingerprint density at radius 2 is 0.729 bits per heavy atom. The van der Waals surface area contributed by atoms with Crippen molar-refractivity contribution in [2.75, 3.05) is 4.90 Å². The maximum Gasteiger partial charge on any atom is 0.0713 e. The Balaban J connectivity index is 1.16. The molecule has 59 heavy (non-hydrogen) atoms. The highest BCUT2D eigenvalue weighted by molar-refractivity contribution is 5.94. The van der Waals surface area contributed by atoms with E-state index in [2.05, 4.69) is 243 Å². The number of benzene rings is 9. The van der Waals surface area contributed by atoms with Gasteiger partial charge in [-0.1, -0.05) is 208 Å². The largest absolute Gasteiger partial charge is 0.310 e. The van der Waals surface area contributed by atoms with E-state index in [1.807, 2.05) is 0 Å². The molecule has 0 N–H and O–H groups in total. The van der Waals surface area contributed by atoms with Crippen LogP contribution in [-0.4, -0.2) is 0 Å². The minimum Gasteiger partial charge on any atom is -0.310 e. The lowest BCUT2D eigenvalue weighted by atomic mass is 9.63. The Bertz CT molecular complexity index is 2940. The second kappa shape index (κ2) is 13.7. The first-order chi connectivity index (χ1) is 29.0. The molecule has 0 heterocycles. The molecule has 0 atom stereocenters. The lowest BCUT2D eigenvalue weighted by molar-refractivity contribution is 0.660. The first-order valence-corrected chi connectivity index (χ1v) is 20.7. The van der Waals surface area contributed by atoms with Crippen molar-refractivity contribution in [2.24, 2.45) is 0 Å². The smallest absolute Gasteiger partial charge is 0.0713 e. The molecule has 9 aromatic rings. The van der Waals surface area contributed by atoms with Crippen molar-refractivity contribution in [3.05, 3.63) is 258 Å². The van der Waals surface area contributed by atoms with Gasteiger partial charge in [0.1, 0.15) is 0 Å². The predicted octanol–water partition coefficient (Wildman–Crippen LogP) is 15.2. The number of nitrogens with zero attached hydrogens (tertiary/aromatic N) is 1. The molecule has 0 amide bonds. The molecule has 1 nitrogen and oxygen atoms in total. The van der Waals surface area contributed by atoms with E-state index in [4.69, 9.17) is 0 Å². The van der Waals surface area contributed by atoms with Crippen LogP contribution < -0.4 is 4.90 Å². The number of rotatable bonds is 6. The highest BCUT2D eigenvalue weighted by Crippen LogP contribution is 2.56. The van der Waals surface area contributed by atoms with Crippen LogP contribution in [0.25, 0.3) is 44.5 Å². The molecule has 1 heteroatoms. The normalized spacial score (nSPS) is 13.9. The van der Waals surface area contributed by atoms with E-state index in [-0.39, 0.29) is 5.41 Å². The zero-order valence-electron chi connectivity index (χ0n) is 33.3. The molecule has 11 rings (SSSR count). The summed E-state index contributed by atoms with van der Waals surface area (Å²) in [5.74, 6) is 0. The topological polar surface area (TPSA) is 3.24 Å². The Morgan fingerprint density at radius 3 is 1.34 bits per heavy atom. The highest BCUT2D eigenvalue weighted by atomic mass is 15.1. The molecular weight excluding hydrogens is 711 g/mol. The standard InChI is InChI=1S/C58H43N/c1-57(2)52-29-15-11-28-50(52)51-38-37-44(39-55(51)57)59(56-32-18-14-23-45(56)40-19-5-3-6-20-40)43-35-33-42(34-36-43)58(41-21-7-4-8-22-41)53-30-16-12-26-48(53)46-24-9-10-25-47(46)49-27-13-17-31-54(49)58/h3-39H,1-2H3. The second-order valence-electron chi connectivity index (χ2n) is 16.4. The Labute approximate surface area is 347 Å². The van der Waals surface area contributed by atoms with Crippen molar-refractivity contribution in [1.29, 1.82) is 0 Å². The summed E-state index contributed by atoms with van der Waals surface area (Å²) in [6.45, 7) is 4.73. The van der Waals surface area contributed by atoms with Gasteiger partial charge in [0, 0.05) is 22.4 Å². The van der Waals surface area contributed by atoms with Crippen LogP contribution in [0, 0.1) is 0 Å². The van der Waals surface area contributed by atoms with Crippen molar-refractivity contribution >= 4 is 17.1 Å². The monoisotopic (exact) mass is 753 g/mol. The van der Waals surface area contributed by atoms with Gasteiger partial charge in [0.2, 0.25) is 0 Å². The van der Waals surface area contributed by atoms with Crippen molar-refractivity contribution in [3.8, 4) is 44.5 Å². The summed E-state index contributed by atoms with van der Waals surface area (Å²) in [5.41, 5.74) is 20.5. The van der Waals surface area contributed by atoms with Gasteiger partial charge in [0.15, 0.2) is 0 Å². The van der Waals surface area contributed by atoms with Gasteiger partial charge >= 0.3 is 0 Å². The van der Waals surface area contributed by atoms with Gasteiger partial charge in [0.25, 0.3) is 0 Å². The average molecular weight is 754 g/mol. The molecule has 280 valence electrons. The second-order valence-corrected chi connectivity index (χ2v) is 16.4. The number of para-hydroxylation sites is 1. The molecule has 9 aromatic carbocycles. The maximum absolute atomic E-state index is 2.46. The summed E-state index contributed by atoms with van der Waals surface area (Å²) in [4.78, 5) is 2.46. The van der Waals surface area contributed by atoms with E-state index in [0.29, 0.717) is 0 Å². The predicted molar refractivity (Wildman–Crippen MR) is 247 cm³/mol. The first kappa shape index (κ1) is 35.0. The zero-order chi connectivity index (χ0) is 39.6. The molecule has 0 unspecified atom stereocenters. The summed E-state index contributed by atoms with van der Waals surface area (Å²) >= 11 is 0. The molecule has 0 fully saturated rings. The van der Waals surface area contributed by atoms with E-state index >= 15 is 0 Å². The van der Waals surface area contributed by atoms with Crippen LogP contribution >= 0.6 is 0 Å². The molecule has 0 spiro atoms. The van der Waals surface area contributed by atoms with Crippen molar-refractivity contribution in [3.63, 3.8) is 0 Å². The van der Waals surface area contributed by atoms with Gasteiger partial charge in [-0.15, -0.1) is 0 Å². The molecule has 0 radical (unpaired) electrons. The van der Waals surface area contributed by atoms with Crippen molar-refractivity contribution in [1.82, 2.24) is 0 Å². The molecule has 0 aliphatic heterocycles. The fourth-order valence-corrected chi connectivity index (χ4v) is 10.3. The Morgan fingerprint density at radius 1 is 0.305 bits per heavy atom. The van der Waals surface area contributed by atoms with Crippen LogP contribution in [0.2, 0.25) is 0 Å². The lowest BCUT2D eigenvalue weighted by Gasteiger charge is -2.38. The van der Waals surface area contributed by atoms with E-state index < -0.39 is 5.41 Å². The van der Waals surface area contributed by atoms with Crippen LogP contribution in [0.4, 0.5) is 17.1 Å². The molecular formula is C58H43N. The highest BCUT2D eigenvalue weighted by Gasteiger charge is 2.44. The minimum atomic E-state index is -0.595. The quantitative estimate of drug-likeness (QED) is 0.163. The Kier molecular flexibility index (Phi) is 8.13. The molecule has 2 aliphatic rings. The summed E-state index contributed by atoms with van der Waals surface area (Å²) < 4.78 is 0. The van der Waals surface area contributed by atoms with Gasteiger partial charge in [-0.2, -0.15) is 0 Å². The number of anilines is 3. The molecule has 0 saturated carbocycles. The average Bonchev–Trinajstić information content (AvgIpc) is 3.46. The fourth-order valence-electron chi connectivity index (χ4n) is 10.3. The molecule has 0 saturated heterocycles. The van der Waals surface area contributed by atoms with E-state index in [9.17, 15) is 0 Å². The molecule has 0 aromatic heterocycles. The first-order valence-electron chi connectivity index (χ1n) is 20.7.